The Balaban J connectivity index is 2.92. The van der Waals surface area contributed by atoms with E-state index in [1.54, 1.807) is 0 Å². The second kappa shape index (κ2) is 5.76. The van der Waals surface area contributed by atoms with Gasteiger partial charge in [0, 0.05) is 17.6 Å². The molecule has 1 rings (SSSR count). The third-order valence-corrected chi connectivity index (χ3v) is 3.72. The Labute approximate surface area is 108 Å². The first-order chi connectivity index (χ1) is 8.27. The highest BCUT2D eigenvalue weighted by atomic mass is 19.1. The van der Waals surface area contributed by atoms with E-state index in [-0.39, 0.29) is 11.6 Å². The number of rotatable bonds is 5. The lowest BCUT2D eigenvalue weighted by Gasteiger charge is -2.40. The van der Waals surface area contributed by atoms with Crippen LogP contribution in [0.4, 0.5) is 8.78 Å². The van der Waals surface area contributed by atoms with Crippen LogP contribution in [0.25, 0.3) is 0 Å². The lowest BCUT2D eigenvalue weighted by atomic mass is 9.88. The minimum absolute atomic E-state index is 0.105. The molecule has 0 fully saturated rings. The van der Waals surface area contributed by atoms with Crippen LogP contribution < -0.4 is 5.32 Å². The SMILES string of the molecule is CNC(Cc1cc(F)cc(F)c1)C(C)(C)N(C)C. The highest BCUT2D eigenvalue weighted by Crippen LogP contribution is 2.20. The van der Waals surface area contributed by atoms with Crippen LogP contribution in [0.3, 0.4) is 0 Å². The molecule has 1 atom stereocenters. The molecule has 18 heavy (non-hydrogen) atoms. The largest absolute Gasteiger partial charge is 0.315 e. The van der Waals surface area contributed by atoms with E-state index in [0.717, 1.165) is 6.07 Å². The van der Waals surface area contributed by atoms with Gasteiger partial charge in [0.15, 0.2) is 0 Å². The van der Waals surface area contributed by atoms with Crippen LogP contribution in [0, 0.1) is 11.6 Å². The molecule has 0 aliphatic rings. The quantitative estimate of drug-likeness (QED) is 0.870. The van der Waals surface area contributed by atoms with Gasteiger partial charge in [-0.25, -0.2) is 8.78 Å². The van der Waals surface area contributed by atoms with Crippen LogP contribution in [-0.4, -0.2) is 37.6 Å². The fourth-order valence-corrected chi connectivity index (χ4v) is 1.98. The van der Waals surface area contributed by atoms with Gasteiger partial charge in [-0.05, 0) is 59.1 Å². The van der Waals surface area contributed by atoms with Crippen LogP contribution in [0.15, 0.2) is 18.2 Å². The number of nitrogens with zero attached hydrogens (tertiary/aromatic N) is 1. The normalized spacial score (nSPS) is 14.0. The number of hydrogen-bond acceptors (Lipinski definition) is 2. The lowest BCUT2D eigenvalue weighted by Crippen LogP contribution is -2.55. The molecular weight excluding hydrogens is 234 g/mol. The molecule has 0 saturated carbocycles. The minimum atomic E-state index is -0.525. The van der Waals surface area contributed by atoms with Crippen molar-refractivity contribution in [3.63, 3.8) is 0 Å². The third-order valence-electron chi connectivity index (χ3n) is 3.72. The topological polar surface area (TPSA) is 15.3 Å². The zero-order chi connectivity index (χ0) is 13.9. The highest BCUT2D eigenvalue weighted by Gasteiger charge is 2.30. The summed E-state index contributed by atoms with van der Waals surface area (Å²) >= 11 is 0. The van der Waals surface area contributed by atoms with Crippen LogP contribution in [0.1, 0.15) is 19.4 Å². The molecule has 0 aliphatic heterocycles. The number of likely N-dealkylation sites (N-methyl/N-ethyl adjacent to an activating group) is 2. The van der Waals surface area contributed by atoms with Crippen LogP contribution >= 0.6 is 0 Å². The minimum Gasteiger partial charge on any atom is -0.315 e. The fourth-order valence-electron chi connectivity index (χ4n) is 1.98. The van der Waals surface area contributed by atoms with Crippen LogP contribution in [-0.2, 0) is 6.42 Å². The zero-order valence-corrected chi connectivity index (χ0v) is 11.7. The van der Waals surface area contributed by atoms with E-state index in [9.17, 15) is 8.78 Å². The summed E-state index contributed by atoms with van der Waals surface area (Å²) in [4.78, 5) is 2.10. The van der Waals surface area contributed by atoms with Gasteiger partial charge in [-0.2, -0.15) is 0 Å². The van der Waals surface area contributed by atoms with Crippen molar-refractivity contribution in [3.05, 3.63) is 35.4 Å². The second-order valence-corrected chi connectivity index (χ2v) is 5.37. The third kappa shape index (κ3) is 3.50. The summed E-state index contributed by atoms with van der Waals surface area (Å²) in [7, 11) is 5.86. The summed E-state index contributed by atoms with van der Waals surface area (Å²) in [5.41, 5.74) is 0.555. The van der Waals surface area contributed by atoms with Crippen molar-refractivity contribution >= 4 is 0 Å². The lowest BCUT2D eigenvalue weighted by molar-refractivity contribution is 0.141. The monoisotopic (exact) mass is 256 g/mol. The predicted molar refractivity (Wildman–Crippen MR) is 70.7 cm³/mol. The average molecular weight is 256 g/mol. The molecule has 1 unspecified atom stereocenters. The molecule has 0 amide bonds. The first kappa shape index (κ1) is 15.1. The van der Waals surface area contributed by atoms with Gasteiger partial charge in [0.1, 0.15) is 11.6 Å². The molecule has 4 heteroatoms. The average Bonchev–Trinajstić information content (AvgIpc) is 2.24. The van der Waals surface area contributed by atoms with Gasteiger partial charge in [-0.3, -0.25) is 0 Å². The predicted octanol–water partition coefficient (Wildman–Crippen LogP) is 2.44. The standard InChI is InChI=1S/C14H22F2N2/c1-14(2,18(4)5)13(17-3)8-10-6-11(15)9-12(16)7-10/h6-7,9,13,17H,8H2,1-5H3. The first-order valence-corrected chi connectivity index (χ1v) is 6.07. The summed E-state index contributed by atoms with van der Waals surface area (Å²) in [5, 5.41) is 3.22. The van der Waals surface area contributed by atoms with Crippen molar-refractivity contribution in [3.8, 4) is 0 Å². The maximum absolute atomic E-state index is 13.2. The Morgan fingerprint density at radius 3 is 2.06 bits per heavy atom. The molecule has 0 saturated heterocycles. The Kier molecular flexibility index (Phi) is 4.82. The van der Waals surface area contributed by atoms with Crippen molar-refractivity contribution in [2.75, 3.05) is 21.1 Å². The molecule has 0 radical (unpaired) electrons. The van der Waals surface area contributed by atoms with Gasteiger partial charge >= 0.3 is 0 Å². The van der Waals surface area contributed by atoms with Crippen molar-refractivity contribution in [2.24, 2.45) is 0 Å². The van der Waals surface area contributed by atoms with Gasteiger partial charge in [0.05, 0.1) is 0 Å². The summed E-state index contributed by atoms with van der Waals surface area (Å²) in [6, 6.07) is 3.78. The fraction of sp³-hybridized carbons (Fsp3) is 0.571. The number of nitrogens with one attached hydrogen (secondary N) is 1. The van der Waals surface area contributed by atoms with Crippen molar-refractivity contribution in [2.45, 2.75) is 31.8 Å². The Morgan fingerprint density at radius 1 is 1.17 bits per heavy atom. The molecule has 0 spiro atoms. The van der Waals surface area contributed by atoms with Crippen molar-refractivity contribution in [1.29, 1.82) is 0 Å². The molecular formula is C14H22F2N2. The first-order valence-electron chi connectivity index (χ1n) is 6.07. The van der Waals surface area contributed by atoms with E-state index in [1.165, 1.54) is 12.1 Å². The smallest absolute Gasteiger partial charge is 0.126 e. The highest BCUT2D eigenvalue weighted by molar-refractivity contribution is 5.20. The second-order valence-electron chi connectivity index (χ2n) is 5.37. The molecule has 1 aromatic carbocycles. The van der Waals surface area contributed by atoms with E-state index < -0.39 is 11.6 Å². The van der Waals surface area contributed by atoms with Crippen molar-refractivity contribution < 1.29 is 8.78 Å². The molecule has 0 bridgehead atoms. The molecule has 1 aromatic rings. The maximum atomic E-state index is 13.2. The van der Waals surface area contributed by atoms with E-state index >= 15 is 0 Å². The van der Waals surface area contributed by atoms with Gasteiger partial charge < -0.3 is 10.2 Å². The van der Waals surface area contributed by atoms with E-state index in [4.69, 9.17) is 0 Å². The van der Waals surface area contributed by atoms with Crippen LogP contribution in [0.2, 0.25) is 0 Å². The molecule has 0 heterocycles. The zero-order valence-electron chi connectivity index (χ0n) is 11.7. The molecule has 2 nitrogen and oxygen atoms in total. The van der Waals surface area contributed by atoms with Crippen LogP contribution in [0.5, 0.6) is 0 Å². The van der Waals surface area contributed by atoms with E-state index in [2.05, 4.69) is 24.1 Å². The summed E-state index contributed by atoms with van der Waals surface area (Å²) in [5.74, 6) is -1.05. The molecule has 0 aromatic heterocycles. The maximum Gasteiger partial charge on any atom is 0.126 e. The summed E-state index contributed by atoms with van der Waals surface area (Å²) in [6.07, 6.45) is 0.580. The van der Waals surface area contributed by atoms with Gasteiger partial charge in [0.2, 0.25) is 0 Å². The number of benzene rings is 1. The van der Waals surface area contributed by atoms with Gasteiger partial charge in [0.25, 0.3) is 0 Å². The number of halogens is 2. The summed E-state index contributed by atoms with van der Waals surface area (Å²) < 4.78 is 26.3. The molecule has 1 N–H and O–H groups in total. The van der Waals surface area contributed by atoms with Crippen molar-refractivity contribution in [1.82, 2.24) is 10.2 Å². The Morgan fingerprint density at radius 2 is 1.67 bits per heavy atom. The Hall–Kier alpha value is -1.00. The van der Waals surface area contributed by atoms with E-state index in [1.807, 2.05) is 21.1 Å². The van der Waals surface area contributed by atoms with Gasteiger partial charge in [-0.1, -0.05) is 0 Å². The van der Waals surface area contributed by atoms with Gasteiger partial charge in [-0.15, -0.1) is 0 Å². The number of hydrogen-bond donors (Lipinski definition) is 1. The summed E-state index contributed by atoms with van der Waals surface area (Å²) in [6.45, 7) is 4.20. The molecule has 102 valence electrons. The van der Waals surface area contributed by atoms with E-state index in [0.29, 0.717) is 12.0 Å². The molecule has 0 aliphatic carbocycles. The Bertz CT molecular complexity index is 383.